The molecule has 0 bridgehead atoms. The molecule has 0 aliphatic carbocycles. The molecule has 174 valence electrons. The SMILES string of the molecule is CCSNC1[C@H](Cc2cccc(-c3cc(C)ccn3)c2F)N(C(=O)C(C)(C)O)CC1(F)F. The number of carbonyl (C=O) groups is 1. The van der Waals surface area contributed by atoms with Gasteiger partial charge in [0.15, 0.2) is 0 Å². The van der Waals surface area contributed by atoms with Gasteiger partial charge in [0.1, 0.15) is 17.5 Å². The van der Waals surface area contributed by atoms with E-state index in [1.807, 2.05) is 13.8 Å². The monoisotopic (exact) mass is 467 g/mol. The molecule has 5 nitrogen and oxygen atoms in total. The smallest absolute Gasteiger partial charge is 0.283 e. The number of amides is 1. The van der Waals surface area contributed by atoms with Gasteiger partial charge < -0.3 is 10.0 Å². The van der Waals surface area contributed by atoms with E-state index in [9.17, 15) is 18.7 Å². The maximum atomic E-state index is 15.5. The standard InChI is InChI=1S/C23H28F3N3O2S/c1-5-32-28-20-18(29(13-23(20,25)26)21(30)22(3,4)31)12-15-7-6-8-16(19(15)24)17-11-14(2)9-10-27-17/h6-11,18,20,28,31H,5,12-13H2,1-4H3/t18-,20?/m0/s1. The van der Waals surface area contributed by atoms with E-state index in [2.05, 4.69) is 9.71 Å². The molecule has 1 aliphatic heterocycles. The van der Waals surface area contributed by atoms with Gasteiger partial charge in [0, 0.05) is 17.5 Å². The van der Waals surface area contributed by atoms with E-state index in [0.717, 1.165) is 22.4 Å². The molecule has 0 radical (unpaired) electrons. The third-order valence-corrected chi connectivity index (χ3v) is 6.17. The summed E-state index contributed by atoms with van der Waals surface area (Å²) in [4.78, 5) is 18.0. The van der Waals surface area contributed by atoms with Crippen molar-refractivity contribution in [3.8, 4) is 11.3 Å². The molecule has 0 saturated carbocycles. The lowest BCUT2D eigenvalue weighted by Crippen LogP contribution is -2.52. The Morgan fingerprint density at radius 1 is 1.38 bits per heavy atom. The molecule has 1 unspecified atom stereocenters. The highest BCUT2D eigenvalue weighted by Crippen LogP contribution is 2.37. The van der Waals surface area contributed by atoms with Crippen molar-refractivity contribution < 1.29 is 23.1 Å². The number of aromatic nitrogens is 1. The number of rotatable bonds is 7. The van der Waals surface area contributed by atoms with E-state index in [1.54, 1.807) is 30.5 Å². The van der Waals surface area contributed by atoms with Crippen molar-refractivity contribution in [3.05, 3.63) is 53.5 Å². The van der Waals surface area contributed by atoms with Crippen molar-refractivity contribution in [2.45, 2.75) is 57.7 Å². The van der Waals surface area contributed by atoms with Crippen LogP contribution in [-0.4, -0.2) is 56.8 Å². The molecule has 1 amide bonds. The molecule has 2 heterocycles. The van der Waals surface area contributed by atoms with Gasteiger partial charge in [-0.2, -0.15) is 0 Å². The van der Waals surface area contributed by atoms with Crippen molar-refractivity contribution >= 4 is 17.9 Å². The predicted octanol–water partition coefficient (Wildman–Crippen LogP) is 3.98. The van der Waals surface area contributed by atoms with Gasteiger partial charge in [0.2, 0.25) is 0 Å². The third-order valence-electron chi connectivity index (χ3n) is 5.46. The molecule has 1 aromatic heterocycles. The summed E-state index contributed by atoms with van der Waals surface area (Å²) in [6, 6.07) is 5.88. The fourth-order valence-corrected chi connectivity index (χ4v) is 4.56. The van der Waals surface area contributed by atoms with Crippen LogP contribution in [0.25, 0.3) is 11.3 Å². The Morgan fingerprint density at radius 3 is 2.72 bits per heavy atom. The van der Waals surface area contributed by atoms with Crippen LogP contribution in [0.4, 0.5) is 13.2 Å². The number of alkyl halides is 2. The number of pyridine rings is 1. The number of aryl methyl sites for hydroxylation is 1. The Labute approximate surface area is 190 Å². The van der Waals surface area contributed by atoms with Crippen LogP contribution < -0.4 is 4.72 Å². The highest BCUT2D eigenvalue weighted by Gasteiger charge is 2.57. The lowest BCUT2D eigenvalue weighted by atomic mass is 9.95. The second kappa shape index (κ2) is 9.41. The third kappa shape index (κ3) is 5.10. The molecule has 3 rings (SSSR count). The molecule has 1 saturated heterocycles. The minimum Gasteiger partial charge on any atom is -0.381 e. The van der Waals surface area contributed by atoms with Crippen molar-refractivity contribution in [2.75, 3.05) is 12.3 Å². The number of halogens is 3. The summed E-state index contributed by atoms with van der Waals surface area (Å²) in [7, 11) is 0. The van der Waals surface area contributed by atoms with Crippen LogP contribution in [0.3, 0.4) is 0 Å². The van der Waals surface area contributed by atoms with Crippen LogP contribution in [0, 0.1) is 12.7 Å². The van der Waals surface area contributed by atoms with Gasteiger partial charge in [-0.05, 0) is 56.5 Å². The number of carbonyl (C=O) groups excluding carboxylic acids is 1. The minimum absolute atomic E-state index is 0.134. The molecular weight excluding hydrogens is 439 g/mol. The average Bonchev–Trinajstić information content (AvgIpc) is 2.96. The largest absolute Gasteiger partial charge is 0.381 e. The summed E-state index contributed by atoms with van der Waals surface area (Å²) in [6.07, 6.45) is 1.45. The van der Waals surface area contributed by atoms with Crippen LogP contribution in [0.2, 0.25) is 0 Å². The number of hydrogen-bond donors (Lipinski definition) is 2. The summed E-state index contributed by atoms with van der Waals surface area (Å²) in [5.41, 5.74) is 0.00592. The molecule has 1 aromatic carbocycles. The maximum Gasteiger partial charge on any atom is 0.283 e. The molecule has 2 N–H and O–H groups in total. The van der Waals surface area contributed by atoms with Crippen LogP contribution in [0.5, 0.6) is 0 Å². The van der Waals surface area contributed by atoms with E-state index >= 15 is 4.39 Å². The summed E-state index contributed by atoms with van der Waals surface area (Å²) in [5.74, 6) is -4.06. The van der Waals surface area contributed by atoms with E-state index in [-0.39, 0.29) is 17.5 Å². The van der Waals surface area contributed by atoms with Crippen molar-refractivity contribution in [1.82, 2.24) is 14.6 Å². The molecule has 1 aliphatic rings. The molecule has 2 atom stereocenters. The molecule has 0 spiro atoms. The zero-order valence-corrected chi connectivity index (χ0v) is 19.3. The highest BCUT2D eigenvalue weighted by molar-refractivity contribution is 7.97. The van der Waals surface area contributed by atoms with E-state index < -0.39 is 41.9 Å². The first-order chi connectivity index (χ1) is 15.0. The normalized spacial score (nSPS) is 20.6. The molecule has 2 aromatic rings. The first-order valence-electron chi connectivity index (χ1n) is 10.4. The van der Waals surface area contributed by atoms with Crippen molar-refractivity contribution in [1.29, 1.82) is 0 Å². The van der Waals surface area contributed by atoms with Crippen LogP contribution in [0.15, 0.2) is 36.5 Å². The first kappa shape index (κ1) is 24.5. The van der Waals surface area contributed by atoms with Crippen LogP contribution >= 0.6 is 11.9 Å². The fourth-order valence-electron chi connectivity index (χ4n) is 3.89. The summed E-state index contributed by atoms with van der Waals surface area (Å²) in [6.45, 7) is 5.36. The second-order valence-corrected chi connectivity index (χ2v) is 9.65. The Kier molecular flexibility index (Phi) is 7.21. The van der Waals surface area contributed by atoms with Gasteiger partial charge in [-0.3, -0.25) is 14.5 Å². The van der Waals surface area contributed by atoms with Gasteiger partial charge in [-0.25, -0.2) is 13.2 Å². The Morgan fingerprint density at radius 2 is 2.09 bits per heavy atom. The number of nitrogens with zero attached hydrogens (tertiary/aromatic N) is 2. The summed E-state index contributed by atoms with van der Waals surface area (Å²) >= 11 is 1.11. The van der Waals surface area contributed by atoms with Gasteiger partial charge in [0.05, 0.1) is 18.3 Å². The Bertz CT molecular complexity index is 981. The van der Waals surface area contributed by atoms with E-state index in [0.29, 0.717) is 11.4 Å². The molecule has 32 heavy (non-hydrogen) atoms. The summed E-state index contributed by atoms with van der Waals surface area (Å²) in [5, 5.41) is 10.2. The highest BCUT2D eigenvalue weighted by atomic mass is 32.2. The lowest BCUT2D eigenvalue weighted by Gasteiger charge is -2.32. The average molecular weight is 468 g/mol. The lowest BCUT2D eigenvalue weighted by molar-refractivity contribution is -0.149. The van der Waals surface area contributed by atoms with E-state index in [1.165, 1.54) is 19.9 Å². The fraction of sp³-hybridized carbons (Fsp3) is 0.478. The maximum absolute atomic E-state index is 15.5. The number of aliphatic hydroxyl groups is 1. The Balaban J connectivity index is 2.00. The van der Waals surface area contributed by atoms with Crippen LogP contribution in [0.1, 0.15) is 31.9 Å². The Hall–Kier alpha value is -2.10. The van der Waals surface area contributed by atoms with Gasteiger partial charge >= 0.3 is 0 Å². The first-order valence-corrected chi connectivity index (χ1v) is 11.4. The van der Waals surface area contributed by atoms with Crippen molar-refractivity contribution in [2.24, 2.45) is 0 Å². The quantitative estimate of drug-likeness (QED) is 0.603. The molecular formula is C23H28F3N3O2S. The van der Waals surface area contributed by atoms with Gasteiger partial charge in [-0.1, -0.05) is 31.0 Å². The second-order valence-electron chi connectivity index (χ2n) is 8.55. The summed E-state index contributed by atoms with van der Waals surface area (Å²) < 4.78 is 48.1. The zero-order chi connectivity index (χ0) is 23.7. The van der Waals surface area contributed by atoms with Crippen LogP contribution in [-0.2, 0) is 11.2 Å². The number of likely N-dealkylation sites (tertiary alicyclic amines) is 1. The van der Waals surface area contributed by atoms with E-state index in [4.69, 9.17) is 0 Å². The number of hydrogen-bond acceptors (Lipinski definition) is 5. The van der Waals surface area contributed by atoms with Crippen molar-refractivity contribution in [3.63, 3.8) is 0 Å². The zero-order valence-electron chi connectivity index (χ0n) is 18.5. The van der Waals surface area contributed by atoms with Gasteiger partial charge in [-0.15, -0.1) is 0 Å². The predicted molar refractivity (Wildman–Crippen MR) is 120 cm³/mol. The molecule has 9 heteroatoms. The molecule has 1 fully saturated rings. The topological polar surface area (TPSA) is 65.5 Å². The number of nitrogens with one attached hydrogen (secondary N) is 1. The van der Waals surface area contributed by atoms with Gasteiger partial charge in [0.25, 0.3) is 11.8 Å². The number of benzene rings is 1. The minimum atomic E-state index is -3.24.